The second-order valence-electron chi connectivity index (χ2n) is 4.83. The standard InChI is InChI=1S/C14H11ClN8O2.ClH/c15-9-3-2-8(6-10(9)23(24)25)12-11(7-19-21-13(16)17)22-5-1-4-18-14(22)20-12;/h1-7H,(H4,16,17,21);1H/b19-7+;. The second kappa shape index (κ2) is 7.76. The lowest BCUT2D eigenvalue weighted by Crippen LogP contribution is -2.21. The molecule has 0 unspecified atom stereocenters. The van der Waals surface area contributed by atoms with Crippen molar-refractivity contribution in [2.24, 2.45) is 21.7 Å². The summed E-state index contributed by atoms with van der Waals surface area (Å²) in [5.41, 5.74) is 11.7. The quantitative estimate of drug-likeness (QED) is 0.298. The van der Waals surface area contributed by atoms with Gasteiger partial charge in [0.25, 0.3) is 5.69 Å². The van der Waals surface area contributed by atoms with Crippen LogP contribution in [0.1, 0.15) is 5.69 Å². The molecule has 0 atom stereocenters. The monoisotopic (exact) mass is 394 g/mol. The summed E-state index contributed by atoms with van der Waals surface area (Å²) in [6, 6.07) is 6.10. The molecule has 0 aliphatic carbocycles. The van der Waals surface area contributed by atoms with Gasteiger partial charge in [0.05, 0.1) is 16.8 Å². The fourth-order valence-corrected chi connectivity index (χ4v) is 2.38. The SMILES string of the molecule is Cl.NC(N)=N/N=C/c1c(-c2ccc(Cl)c([N+](=O)[O-])c2)nc2ncccn12. The third kappa shape index (κ3) is 3.71. The van der Waals surface area contributed by atoms with Crippen LogP contribution in [0.2, 0.25) is 5.02 Å². The van der Waals surface area contributed by atoms with E-state index in [1.54, 1.807) is 28.9 Å². The van der Waals surface area contributed by atoms with Gasteiger partial charge in [-0.1, -0.05) is 17.7 Å². The fourth-order valence-electron chi connectivity index (χ4n) is 2.19. The minimum atomic E-state index is -0.562. The van der Waals surface area contributed by atoms with E-state index < -0.39 is 4.92 Å². The number of hydrogen-bond donors (Lipinski definition) is 2. The Labute approximate surface area is 157 Å². The van der Waals surface area contributed by atoms with Crippen LogP contribution in [-0.2, 0) is 0 Å². The molecule has 2 aromatic heterocycles. The average molecular weight is 395 g/mol. The summed E-state index contributed by atoms with van der Waals surface area (Å²) in [4.78, 5) is 19.1. The van der Waals surface area contributed by atoms with E-state index >= 15 is 0 Å². The van der Waals surface area contributed by atoms with Crippen molar-refractivity contribution in [3.05, 3.63) is 57.5 Å². The summed E-state index contributed by atoms with van der Waals surface area (Å²) < 4.78 is 1.65. The second-order valence-corrected chi connectivity index (χ2v) is 5.24. The van der Waals surface area contributed by atoms with Crippen LogP contribution in [0.3, 0.4) is 0 Å². The predicted octanol–water partition coefficient (Wildman–Crippen LogP) is 1.99. The smallest absolute Gasteiger partial charge is 0.288 e. The van der Waals surface area contributed by atoms with Crippen molar-refractivity contribution in [1.82, 2.24) is 14.4 Å². The van der Waals surface area contributed by atoms with E-state index in [-0.39, 0.29) is 29.1 Å². The summed E-state index contributed by atoms with van der Waals surface area (Å²) in [7, 11) is 0. The average Bonchev–Trinajstić information content (AvgIpc) is 2.93. The molecule has 2 heterocycles. The van der Waals surface area contributed by atoms with Gasteiger partial charge in [-0.3, -0.25) is 14.5 Å². The van der Waals surface area contributed by atoms with Crippen molar-refractivity contribution in [2.75, 3.05) is 0 Å². The molecule has 26 heavy (non-hydrogen) atoms. The Morgan fingerprint density at radius 2 is 2.15 bits per heavy atom. The van der Waals surface area contributed by atoms with Crippen LogP contribution >= 0.6 is 24.0 Å². The first-order chi connectivity index (χ1) is 12.0. The van der Waals surface area contributed by atoms with Crippen molar-refractivity contribution in [3.63, 3.8) is 0 Å². The molecule has 3 aromatic rings. The molecule has 3 rings (SSSR count). The zero-order valence-corrected chi connectivity index (χ0v) is 14.6. The van der Waals surface area contributed by atoms with Crippen molar-refractivity contribution >= 4 is 47.6 Å². The number of nitro benzene ring substituents is 1. The number of nitro groups is 1. The predicted molar refractivity (Wildman–Crippen MR) is 101 cm³/mol. The first kappa shape index (κ1) is 19.1. The Balaban J connectivity index is 0.00000243. The number of fused-ring (bicyclic) bond motifs is 1. The Kier molecular flexibility index (Phi) is 5.70. The van der Waals surface area contributed by atoms with Gasteiger partial charge < -0.3 is 11.5 Å². The number of hydrogen-bond acceptors (Lipinski definition) is 6. The molecule has 10 nitrogen and oxygen atoms in total. The molecule has 0 fully saturated rings. The van der Waals surface area contributed by atoms with Crippen LogP contribution < -0.4 is 11.5 Å². The van der Waals surface area contributed by atoms with Gasteiger partial charge in [-0.15, -0.1) is 17.5 Å². The van der Waals surface area contributed by atoms with Crippen LogP contribution in [0.4, 0.5) is 5.69 Å². The van der Waals surface area contributed by atoms with Crippen LogP contribution in [0.15, 0.2) is 46.9 Å². The number of halogens is 2. The highest BCUT2D eigenvalue weighted by molar-refractivity contribution is 6.32. The molecule has 0 amide bonds. The number of benzene rings is 1. The first-order valence-electron chi connectivity index (χ1n) is 6.86. The van der Waals surface area contributed by atoms with Crippen molar-refractivity contribution in [3.8, 4) is 11.3 Å². The number of nitrogens with zero attached hydrogens (tertiary/aromatic N) is 6. The molecule has 134 valence electrons. The third-order valence-corrected chi connectivity index (χ3v) is 3.53. The molecule has 0 aliphatic heterocycles. The first-order valence-corrected chi connectivity index (χ1v) is 7.24. The molecule has 4 N–H and O–H groups in total. The number of imidazole rings is 1. The number of rotatable bonds is 4. The van der Waals surface area contributed by atoms with Gasteiger partial charge in [0.1, 0.15) is 10.7 Å². The maximum absolute atomic E-state index is 11.1. The minimum Gasteiger partial charge on any atom is -0.369 e. The van der Waals surface area contributed by atoms with Crippen LogP contribution in [0, 0.1) is 10.1 Å². The highest BCUT2D eigenvalue weighted by Gasteiger charge is 2.18. The summed E-state index contributed by atoms with van der Waals surface area (Å²) in [6.07, 6.45) is 4.69. The van der Waals surface area contributed by atoms with Crippen LogP contribution in [-0.4, -0.2) is 31.5 Å². The molecule has 0 saturated carbocycles. The highest BCUT2D eigenvalue weighted by atomic mass is 35.5. The summed E-state index contributed by atoms with van der Waals surface area (Å²) >= 11 is 5.86. The Hall–Kier alpha value is -3.24. The Bertz CT molecular complexity index is 1030. The Morgan fingerprint density at radius 3 is 2.85 bits per heavy atom. The minimum absolute atomic E-state index is 0. The molecule has 1 aromatic carbocycles. The van der Waals surface area contributed by atoms with Gasteiger partial charge >= 0.3 is 0 Å². The van der Waals surface area contributed by atoms with Crippen molar-refractivity contribution < 1.29 is 4.92 Å². The summed E-state index contributed by atoms with van der Waals surface area (Å²) in [6.45, 7) is 0. The molecular weight excluding hydrogens is 383 g/mol. The van der Waals surface area contributed by atoms with E-state index in [1.807, 2.05) is 0 Å². The fraction of sp³-hybridized carbons (Fsp3) is 0. The Morgan fingerprint density at radius 1 is 1.38 bits per heavy atom. The maximum Gasteiger partial charge on any atom is 0.288 e. The molecule has 0 spiro atoms. The normalized spacial score (nSPS) is 10.7. The topological polar surface area (TPSA) is 150 Å². The highest BCUT2D eigenvalue weighted by Crippen LogP contribution is 2.31. The lowest BCUT2D eigenvalue weighted by molar-refractivity contribution is -0.384. The molecule has 0 saturated heterocycles. The van der Waals surface area contributed by atoms with Gasteiger partial charge in [-0.25, -0.2) is 9.97 Å². The van der Waals surface area contributed by atoms with Crippen LogP contribution in [0.25, 0.3) is 17.0 Å². The zero-order chi connectivity index (χ0) is 18.0. The van der Waals surface area contributed by atoms with Gasteiger partial charge in [0.2, 0.25) is 11.7 Å². The van der Waals surface area contributed by atoms with Crippen molar-refractivity contribution in [1.29, 1.82) is 0 Å². The molecule has 0 aliphatic rings. The number of nitrogens with two attached hydrogens (primary N) is 2. The van der Waals surface area contributed by atoms with E-state index in [1.165, 1.54) is 18.3 Å². The third-order valence-electron chi connectivity index (χ3n) is 3.21. The van der Waals surface area contributed by atoms with E-state index in [0.29, 0.717) is 22.7 Å². The maximum atomic E-state index is 11.1. The van der Waals surface area contributed by atoms with E-state index in [4.69, 9.17) is 23.1 Å². The van der Waals surface area contributed by atoms with E-state index in [2.05, 4.69) is 20.2 Å². The van der Waals surface area contributed by atoms with Gasteiger partial charge in [-0.2, -0.15) is 5.10 Å². The van der Waals surface area contributed by atoms with Gasteiger partial charge in [0, 0.05) is 24.0 Å². The summed E-state index contributed by atoms with van der Waals surface area (Å²) in [5.74, 6) is 0.188. The van der Waals surface area contributed by atoms with Gasteiger partial charge in [-0.05, 0) is 12.1 Å². The number of aromatic nitrogens is 3. The largest absolute Gasteiger partial charge is 0.369 e. The van der Waals surface area contributed by atoms with Crippen molar-refractivity contribution in [2.45, 2.75) is 0 Å². The molecular formula is C14H12Cl2N8O2. The molecule has 0 radical (unpaired) electrons. The van der Waals surface area contributed by atoms with E-state index in [0.717, 1.165) is 0 Å². The molecule has 0 bridgehead atoms. The number of guanidine groups is 1. The summed E-state index contributed by atoms with van der Waals surface area (Å²) in [5, 5.41) is 18.5. The van der Waals surface area contributed by atoms with Gasteiger partial charge in [0.15, 0.2) is 0 Å². The lowest BCUT2D eigenvalue weighted by Gasteiger charge is -2.01. The molecule has 12 heteroatoms. The lowest BCUT2D eigenvalue weighted by atomic mass is 10.1. The zero-order valence-electron chi connectivity index (χ0n) is 13.0. The van der Waals surface area contributed by atoms with E-state index in [9.17, 15) is 10.1 Å². The van der Waals surface area contributed by atoms with Crippen LogP contribution in [0.5, 0.6) is 0 Å².